The minimum atomic E-state index is -0.715. The van der Waals surface area contributed by atoms with Crippen LogP contribution in [0.1, 0.15) is 19.3 Å². The predicted octanol–water partition coefficient (Wildman–Crippen LogP) is -0.583. The van der Waals surface area contributed by atoms with Crippen LogP contribution >= 0.6 is 0 Å². The summed E-state index contributed by atoms with van der Waals surface area (Å²) in [6, 6.07) is 1.46. The largest absolute Gasteiger partial charge is 0.391 e. The molecule has 9 heteroatoms. The van der Waals surface area contributed by atoms with Crippen LogP contribution in [0.2, 0.25) is 0 Å². The molecule has 148 valence electrons. The van der Waals surface area contributed by atoms with Crippen LogP contribution in [0.5, 0.6) is 0 Å². The van der Waals surface area contributed by atoms with Crippen molar-refractivity contribution in [2.24, 2.45) is 5.92 Å². The van der Waals surface area contributed by atoms with Crippen LogP contribution in [0.4, 0.5) is 5.95 Å². The third-order valence-corrected chi connectivity index (χ3v) is 5.21. The average Bonchev–Trinajstić information content (AvgIpc) is 2.70. The van der Waals surface area contributed by atoms with Crippen molar-refractivity contribution in [3.8, 4) is 0 Å². The standard InChI is InChI=1S/C18H27N5O4/c1-27-12-16(25)21-14-4-3-13(11-15(14)24)17(26)22-7-9-23(10-8-22)18-19-5-2-6-20-18/h2,5-6,13-15,24H,3-4,7-12H2,1H3,(H,21,25)/t13-,14-,15-/m0/s1. The van der Waals surface area contributed by atoms with Crippen molar-refractivity contribution in [3.63, 3.8) is 0 Å². The lowest BCUT2D eigenvalue weighted by Crippen LogP contribution is -2.53. The first-order valence-electron chi connectivity index (χ1n) is 9.35. The number of piperazine rings is 1. The first kappa shape index (κ1) is 19.5. The highest BCUT2D eigenvalue weighted by atomic mass is 16.5. The number of nitrogens with zero attached hydrogens (tertiary/aromatic N) is 4. The molecule has 2 heterocycles. The maximum absolute atomic E-state index is 12.8. The molecular formula is C18H27N5O4. The van der Waals surface area contributed by atoms with Gasteiger partial charge in [-0.1, -0.05) is 0 Å². The topological polar surface area (TPSA) is 108 Å². The van der Waals surface area contributed by atoms with Gasteiger partial charge in [-0.05, 0) is 25.3 Å². The summed E-state index contributed by atoms with van der Waals surface area (Å²) in [5.74, 6) is 0.331. The van der Waals surface area contributed by atoms with Crippen LogP contribution in [0.25, 0.3) is 0 Å². The molecule has 27 heavy (non-hydrogen) atoms. The van der Waals surface area contributed by atoms with E-state index in [0.29, 0.717) is 51.4 Å². The van der Waals surface area contributed by atoms with Crippen LogP contribution in [-0.2, 0) is 14.3 Å². The van der Waals surface area contributed by atoms with Crippen molar-refractivity contribution in [1.29, 1.82) is 0 Å². The first-order valence-corrected chi connectivity index (χ1v) is 9.35. The number of ether oxygens (including phenoxy) is 1. The molecule has 1 aliphatic carbocycles. The number of rotatable bonds is 5. The molecule has 2 fully saturated rings. The Bertz CT molecular complexity index is 636. The number of anilines is 1. The second-order valence-corrected chi connectivity index (χ2v) is 7.05. The number of hydrogen-bond acceptors (Lipinski definition) is 7. The summed E-state index contributed by atoms with van der Waals surface area (Å²) >= 11 is 0. The van der Waals surface area contributed by atoms with Crippen molar-refractivity contribution >= 4 is 17.8 Å². The molecule has 9 nitrogen and oxygen atoms in total. The molecule has 1 aromatic heterocycles. The summed E-state index contributed by atoms with van der Waals surface area (Å²) in [5.41, 5.74) is 0. The van der Waals surface area contributed by atoms with Gasteiger partial charge in [-0.3, -0.25) is 9.59 Å². The second-order valence-electron chi connectivity index (χ2n) is 7.05. The summed E-state index contributed by atoms with van der Waals surface area (Å²) in [4.78, 5) is 36.9. The fourth-order valence-corrected chi connectivity index (χ4v) is 3.76. The molecule has 2 aliphatic rings. The van der Waals surface area contributed by atoms with E-state index in [1.165, 1.54) is 7.11 Å². The maximum atomic E-state index is 12.8. The number of aliphatic hydroxyl groups is 1. The Kier molecular flexibility index (Phi) is 6.57. The summed E-state index contributed by atoms with van der Waals surface area (Å²) in [5, 5.41) is 13.1. The number of nitrogens with one attached hydrogen (secondary N) is 1. The van der Waals surface area contributed by atoms with Gasteiger partial charge in [0.05, 0.1) is 12.1 Å². The Balaban J connectivity index is 1.47. The lowest BCUT2D eigenvalue weighted by molar-refractivity contribution is -0.138. The third-order valence-electron chi connectivity index (χ3n) is 5.21. The number of methoxy groups -OCH3 is 1. The Morgan fingerprint density at radius 1 is 1.22 bits per heavy atom. The van der Waals surface area contributed by atoms with Gasteiger partial charge in [-0.15, -0.1) is 0 Å². The summed E-state index contributed by atoms with van der Waals surface area (Å²) < 4.78 is 4.79. The number of carbonyl (C=O) groups is 2. The van der Waals surface area contributed by atoms with Crippen LogP contribution in [0.3, 0.4) is 0 Å². The van der Waals surface area contributed by atoms with Crippen LogP contribution < -0.4 is 10.2 Å². The Labute approximate surface area is 158 Å². The van der Waals surface area contributed by atoms with Crippen molar-refractivity contribution < 1.29 is 19.4 Å². The Morgan fingerprint density at radius 2 is 1.93 bits per heavy atom. The van der Waals surface area contributed by atoms with Gasteiger partial charge in [-0.2, -0.15) is 0 Å². The zero-order chi connectivity index (χ0) is 19.2. The van der Waals surface area contributed by atoms with Gasteiger partial charge in [0.1, 0.15) is 6.61 Å². The van der Waals surface area contributed by atoms with Crippen LogP contribution in [-0.4, -0.2) is 83.8 Å². The highest BCUT2D eigenvalue weighted by Gasteiger charge is 2.36. The number of hydrogen-bond donors (Lipinski definition) is 2. The maximum Gasteiger partial charge on any atom is 0.246 e. The molecule has 1 aliphatic heterocycles. The minimum absolute atomic E-state index is 0.0268. The molecule has 2 N–H and O–H groups in total. The Hall–Kier alpha value is -2.26. The van der Waals surface area contributed by atoms with E-state index in [0.717, 1.165) is 0 Å². The molecule has 1 saturated heterocycles. The van der Waals surface area contributed by atoms with Crippen molar-refractivity contribution in [2.75, 3.05) is 44.8 Å². The quantitative estimate of drug-likeness (QED) is 0.707. The van der Waals surface area contributed by atoms with E-state index in [4.69, 9.17) is 4.74 Å². The second kappa shape index (κ2) is 9.09. The zero-order valence-corrected chi connectivity index (χ0v) is 15.6. The first-order chi connectivity index (χ1) is 13.1. The van der Waals surface area contributed by atoms with E-state index >= 15 is 0 Å². The molecule has 0 bridgehead atoms. The van der Waals surface area contributed by atoms with E-state index in [9.17, 15) is 14.7 Å². The van der Waals surface area contributed by atoms with Crippen molar-refractivity contribution in [2.45, 2.75) is 31.4 Å². The minimum Gasteiger partial charge on any atom is -0.391 e. The van der Waals surface area contributed by atoms with Gasteiger partial charge in [0.15, 0.2) is 0 Å². The van der Waals surface area contributed by atoms with Gasteiger partial charge in [0.25, 0.3) is 0 Å². The number of amides is 2. The molecule has 3 rings (SSSR count). The van der Waals surface area contributed by atoms with Gasteiger partial charge < -0.3 is 25.0 Å². The molecule has 0 spiro atoms. The molecule has 2 amide bonds. The fourth-order valence-electron chi connectivity index (χ4n) is 3.76. The number of carbonyl (C=O) groups excluding carboxylic acids is 2. The van der Waals surface area contributed by atoms with E-state index in [2.05, 4.69) is 20.2 Å². The zero-order valence-electron chi connectivity index (χ0n) is 15.6. The van der Waals surface area contributed by atoms with Gasteiger partial charge in [0, 0.05) is 51.6 Å². The third kappa shape index (κ3) is 4.92. The van der Waals surface area contributed by atoms with E-state index in [1.807, 2.05) is 4.90 Å². The van der Waals surface area contributed by atoms with E-state index in [-0.39, 0.29) is 30.4 Å². The highest BCUT2D eigenvalue weighted by molar-refractivity contribution is 5.80. The molecule has 3 atom stereocenters. The highest BCUT2D eigenvalue weighted by Crippen LogP contribution is 2.27. The summed E-state index contributed by atoms with van der Waals surface area (Å²) in [6.07, 6.45) is 4.34. The van der Waals surface area contributed by atoms with E-state index in [1.54, 1.807) is 18.5 Å². The van der Waals surface area contributed by atoms with E-state index < -0.39 is 6.10 Å². The molecule has 1 saturated carbocycles. The lowest BCUT2D eigenvalue weighted by Gasteiger charge is -2.39. The van der Waals surface area contributed by atoms with Crippen LogP contribution in [0.15, 0.2) is 18.5 Å². The molecule has 0 radical (unpaired) electrons. The predicted molar refractivity (Wildman–Crippen MR) is 98.0 cm³/mol. The summed E-state index contributed by atoms with van der Waals surface area (Å²) in [7, 11) is 1.45. The number of aliphatic hydroxyl groups excluding tert-OH is 1. The molecule has 0 unspecified atom stereocenters. The Morgan fingerprint density at radius 3 is 2.56 bits per heavy atom. The molecule has 1 aromatic rings. The van der Waals surface area contributed by atoms with Gasteiger partial charge >= 0.3 is 0 Å². The monoisotopic (exact) mass is 377 g/mol. The smallest absolute Gasteiger partial charge is 0.246 e. The van der Waals surface area contributed by atoms with Crippen molar-refractivity contribution in [1.82, 2.24) is 20.2 Å². The number of aromatic nitrogens is 2. The van der Waals surface area contributed by atoms with Crippen LogP contribution in [0, 0.1) is 5.92 Å². The summed E-state index contributed by atoms with van der Waals surface area (Å²) in [6.45, 7) is 2.61. The van der Waals surface area contributed by atoms with Crippen molar-refractivity contribution in [3.05, 3.63) is 18.5 Å². The lowest BCUT2D eigenvalue weighted by atomic mass is 9.83. The fraction of sp³-hybridized carbons (Fsp3) is 0.667. The van der Waals surface area contributed by atoms with Gasteiger partial charge in [-0.25, -0.2) is 9.97 Å². The average molecular weight is 377 g/mol. The molecule has 0 aromatic carbocycles. The molecular weight excluding hydrogens is 350 g/mol. The normalized spacial score (nSPS) is 25.9. The SMILES string of the molecule is COCC(=O)N[C@H]1CC[C@H](C(=O)N2CCN(c3ncccn3)CC2)C[C@@H]1O. The van der Waals surface area contributed by atoms with Gasteiger partial charge in [0.2, 0.25) is 17.8 Å².